The third-order valence-corrected chi connectivity index (χ3v) is 2.63. The summed E-state index contributed by atoms with van der Waals surface area (Å²) in [5.74, 6) is 2.27. The molecule has 1 aromatic heterocycles. The number of nitrogens with zero attached hydrogens (tertiary/aromatic N) is 2. The summed E-state index contributed by atoms with van der Waals surface area (Å²) in [5, 5.41) is 3.05. The Bertz CT molecular complexity index is 372. The molecular weight excluding hydrogens is 226 g/mol. The van der Waals surface area contributed by atoms with E-state index in [1.54, 1.807) is 0 Å². The van der Waals surface area contributed by atoms with E-state index in [-0.39, 0.29) is 5.41 Å². The molecule has 102 valence electrons. The summed E-state index contributed by atoms with van der Waals surface area (Å²) in [5.41, 5.74) is -0.0750. The Balaban J connectivity index is 2.78. The third kappa shape index (κ3) is 4.51. The van der Waals surface area contributed by atoms with Crippen LogP contribution in [-0.2, 0) is 5.41 Å². The average Bonchev–Trinajstić information content (AvgIpc) is 2.33. The minimum atomic E-state index is -0.0750. The molecule has 1 N–H and O–H groups in total. The minimum absolute atomic E-state index is 0.0750. The predicted molar refractivity (Wildman–Crippen MR) is 75.3 cm³/mol. The van der Waals surface area contributed by atoms with Gasteiger partial charge in [0.25, 0.3) is 0 Å². The maximum absolute atomic E-state index is 5.70. The molecule has 1 heterocycles. The van der Waals surface area contributed by atoms with Gasteiger partial charge in [-0.25, -0.2) is 4.98 Å². The molecule has 1 rings (SSSR count). The van der Waals surface area contributed by atoms with E-state index in [1.807, 2.05) is 13.1 Å². The number of rotatable bonds is 6. The Labute approximate surface area is 110 Å². The number of unbranched alkanes of at least 4 members (excludes halogenated alkanes) is 2. The van der Waals surface area contributed by atoms with Crippen molar-refractivity contribution in [3.63, 3.8) is 0 Å². The lowest BCUT2D eigenvalue weighted by Crippen LogP contribution is -2.17. The van der Waals surface area contributed by atoms with E-state index < -0.39 is 0 Å². The van der Waals surface area contributed by atoms with Crippen molar-refractivity contribution in [1.29, 1.82) is 0 Å². The van der Waals surface area contributed by atoms with Gasteiger partial charge < -0.3 is 10.1 Å². The predicted octanol–water partition coefficient (Wildman–Crippen LogP) is 3.38. The van der Waals surface area contributed by atoms with Gasteiger partial charge in [0.1, 0.15) is 11.6 Å². The van der Waals surface area contributed by atoms with E-state index >= 15 is 0 Å². The fraction of sp³-hybridized carbons (Fsp3) is 0.714. The highest BCUT2D eigenvalue weighted by Gasteiger charge is 2.19. The van der Waals surface area contributed by atoms with E-state index in [1.165, 1.54) is 12.8 Å². The number of hydrogen-bond acceptors (Lipinski definition) is 4. The molecule has 0 atom stereocenters. The standard InChI is InChI=1S/C14H25N3O/c1-6-7-8-9-18-12-10-11(15-5)16-13(17-12)14(2,3)4/h10H,6-9H2,1-5H3,(H,15,16,17). The van der Waals surface area contributed by atoms with Gasteiger partial charge in [-0.3, -0.25) is 0 Å². The van der Waals surface area contributed by atoms with Gasteiger partial charge in [-0.1, -0.05) is 40.5 Å². The molecule has 0 saturated carbocycles. The molecular formula is C14H25N3O. The SMILES string of the molecule is CCCCCOc1cc(NC)nc(C(C)(C)C)n1. The average molecular weight is 251 g/mol. The zero-order valence-electron chi connectivity index (χ0n) is 12.2. The van der Waals surface area contributed by atoms with Crippen LogP contribution in [0.4, 0.5) is 5.82 Å². The highest BCUT2D eigenvalue weighted by molar-refractivity contribution is 5.38. The third-order valence-electron chi connectivity index (χ3n) is 2.63. The highest BCUT2D eigenvalue weighted by atomic mass is 16.5. The van der Waals surface area contributed by atoms with Crippen LogP contribution in [0.1, 0.15) is 52.8 Å². The number of anilines is 1. The van der Waals surface area contributed by atoms with Crippen molar-refractivity contribution in [2.45, 2.75) is 52.4 Å². The van der Waals surface area contributed by atoms with Crippen LogP contribution in [0.5, 0.6) is 5.88 Å². The zero-order chi connectivity index (χ0) is 13.6. The first-order valence-electron chi connectivity index (χ1n) is 6.67. The lowest BCUT2D eigenvalue weighted by Gasteiger charge is -2.18. The lowest BCUT2D eigenvalue weighted by molar-refractivity contribution is 0.291. The van der Waals surface area contributed by atoms with Gasteiger partial charge in [0.2, 0.25) is 5.88 Å². The van der Waals surface area contributed by atoms with Crippen molar-refractivity contribution in [2.24, 2.45) is 0 Å². The number of aromatic nitrogens is 2. The Morgan fingerprint density at radius 3 is 2.50 bits per heavy atom. The van der Waals surface area contributed by atoms with Gasteiger partial charge in [0.15, 0.2) is 0 Å². The Morgan fingerprint density at radius 1 is 1.22 bits per heavy atom. The summed E-state index contributed by atoms with van der Waals surface area (Å²) in [6.07, 6.45) is 3.46. The summed E-state index contributed by atoms with van der Waals surface area (Å²) in [6, 6.07) is 1.85. The Hall–Kier alpha value is -1.32. The molecule has 0 fully saturated rings. The molecule has 4 nitrogen and oxygen atoms in total. The van der Waals surface area contributed by atoms with Crippen LogP contribution in [0.2, 0.25) is 0 Å². The van der Waals surface area contributed by atoms with Gasteiger partial charge in [-0.15, -0.1) is 0 Å². The van der Waals surface area contributed by atoms with Gasteiger partial charge in [0.05, 0.1) is 6.61 Å². The van der Waals surface area contributed by atoms with Crippen LogP contribution >= 0.6 is 0 Å². The first kappa shape index (κ1) is 14.7. The number of hydrogen-bond donors (Lipinski definition) is 1. The van der Waals surface area contributed by atoms with Gasteiger partial charge in [-0.2, -0.15) is 4.98 Å². The van der Waals surface area contributed by atoms with Crippen molar-refractivity contribution in [1.82, 2.24) is 9.97 Å². The fourth-order valence-electron chi connectivity index (χ4n) is 1.49. The van der Waals surface area contributed by atoms with Gasteiger partial charge >= 0.3 is 0 Å². The molecule has 0 unspecified atom stereocenters. The van der Waals surface area contributed by atoms with Crippen LogP contribution in [-0.4, -0.2) is 23.6 Å². The second kappa shape index (κ2) is 6.57. The summed E-state index contributed by atoms with van der Waals surface area (Å²) in [6.45, 7) is 9.20. The second-order valence-corrected chi connectivity index (χ2v) is 5.47. The molecule has 0 aliphatic rings. The van der Waals surface area contributed by atoms with Crippen LogP contribution in [0, 0.1) is 0 Å². The van der Waals surface area contributed by atoms with E-state index in [0.717, 1.165) is 24.7 Å². The molecule has 0 amide bonds. The highest BCUT2D eigenvalue weighted by Crippen LogP contribution is 2.23. The maximum atomic E-state index is 5.70. The second-order valence-electron chi connectivity index (χ2n) is 5.47. The van der Waals surface area contributed by atoms with E-state index in [2.05, 4.69) is 43.0 Å². The Morgan fingerprint density at radius 2 is 1.94 bits per heavy atom. The van der Waals surface area contributed by atoms with E-state index in [4.69, 9.17) is 4.74 Å². The molecule has 0 saturated heterocycles. The van der Waals surface area contributed by atoms with Crippen LogP contribution < -0.4 is 10.1 Å². The molecule has 1 aromatic rings. The molecule has 0 radical (unpaired) electrons. The van der Waals surface area contributed by atoms with Gasteiger partial charge in [0, 0.05) is 18.5 Å². The Kier molecular flexibility index (Phi) is 5.38. The van der Waals surface area contributed by atoms with Crippen LogP contribution in [0.3, 0.4) is 0 Å². The van der Waals surface area contributed by atoms with E-state index in [0.29, 0.717) is 5.88 Å². The molecule has 0 aliphatic heterocycles. The van der Waals surface area contributed by atoms with Crippen LogP contribution in [0.15, 0.2) is 6.07 Å². The first-order valence-corrected chi connectivity index (χ1v) is 6.67. The quantitative estimate of drug-likeness (QED) is 0.787. The topological polar surface area (TPSA) is 47.0 Å². The normalized spacial score (nSPS) is 11.4. The number of ether oxygens (including phenoxy) is 1. The lowest BCUT2D eigenvalue weighted by atomic mass is 9.96. The fourth-order valence-corrected chi connectivity index (χ4v) is 1.49. The number of nitrogens with one attached hydrogen (secondary N) is 1. The first-order chi connectivity index (χ1) is 8.47. The summed E-state index contributed by atoms with van der Waals surface area (Å²) >= 11 is 0. The monoisotopic (exact) mass is 251 g/mol. The summed E-state index contributed by atoms with van der Waals surface area (Å²) < 4.78 is 5.70. The van der Waals surface area contributed by atoms with Crippen molar-refractivity contribution < 1.29 is 4.74 Å². The van der Waals surface area contributed by atoms with E-state index in [9.17, 15) is 0 Å². The molecule has 0 spiro atoms. The molecule has 0 bridgehead atoms. The van der Waals surface area contributed by atoms with Crippen molar-refractivity contribution in [2.75, 3.05) is 19.0 Å². The molecule has 0 aromatic carbocycles. The van der Waals surface area contributed by atoms with Crippen molar-refractivity contribution >= 4 is 5.82 Å². The molecule has 18 heavy (non-hydrogen) atoms. The zero-order valence-corrected chi connectivity index (χ0v) is 12.2. The molecule has 4 heteroatoms. The van der Waals surface area contributed by atoms with Gasteiger partial charge in [-0.05, 0) is 6.42 Å². The smallest absolute Gasteiger partial charge is 0.218 e. The minimum Gasteiger partial charge on any atom is -0.478 e. The largest absolute Gasteiger partial charge is 0.478 e. The van der Waals surface area contributed by atoms with Crippen molar-refractivity contribution in [3.8, 4) is 5.88 Å². The van der Waals surface area contributed by atoms with Crippen molar-refractivity contribution in [3.05, 3.63) is 11.9 Å². The maximum Gasteiger partial charge on any atom is 0.218 e. The van der Waals surface area contributed by atoms with Crippen LogP contribution in [0.25, 0.3) is 0 Å². The summed E-state index contributed by atoms with van der Waals surface area (Å²) in [7, 11) is 1.86. The summed E-state index contributed by atoms with van der Waals surface area (Å²) in [4.78, 5) is 8.94. The molecule has 0 aliphatic carbocycles.